The number of benzene rings is 3. The van der Waals surface area contributed by atoms with Crippen molar-refractivity contribution in [2.45, 2.75) is 6.54 Å². The van der Waals surface area contributed by atoms with Crippen molar-refractivity contribution < 1.29 is 26.3 Å². The lowest BCUT2D eigenvalue weighted by molar-refractivity contribution is -0.652. The normalized spacial score (nSPS) is 10.6. The van der Waals surface area contributed by atoms with Crippen LogP contribution in [0.2, 0.25) is 0 Å². The summed E-state index contributed by atoms with van der Waals surface area (Å²) in [5.41, 5.74) is 3.93. The average Bonchev–Trinajstić information content (AvgIpc) is 2.97. The molecule has 0 fully saturated rings. The van der Waals surface area contributed by atoms with E-state index in [-0.39, 0.29) is 22.8 Å². The third-order valence-corrected chi connectivity index (χ3v) is 4.84. The van der Waals surface area contributed by atoms with E-state index in [1.165, 1.54) is 4.70 Å². The van der Waals surface area contributed by atoms with Crippen LogP contribution in [0.15, 0.2) is 72.2 Å². The van der Waals surface area contributed by atoms with Crippen LogP contribution in [0.5, 0.6) is 0 Å². The summed E-state index contributed by atoms with van der Waals surface area (Å²) in [6, 6.07) is 22.1. The second-order valence-corrected chi connectivity index (χ2v) is 6.16. The molecule has 2 nitrogen and oxygen atoms in total. The topological polar surface area (TPSA) is 20.9 Å². The van der Waals surface area contributed by atoms with Crippen LogP contribution in [0, 0.1) is 0 Å². The van der Waals surface area contributed by atoms with Crippen molar-refractivity contribution in [3.8, 4) is 0 Å². The Bertz CT molecular complexity index is 987. The lowest BCUT2D eigenvalue weighted by Crippen LogP contribution is -3.00. The highest BCUT2D eigenvalue weighted by atomic mass is 79.9. The SMILES string of the molecule is O=C(C[n+]1csc2ccccc21)c1cccc2ccccc12.[Br-]. The summed E-state index contributed by atoms with van der Waals surface area (Å²) < 4.78 is 3.23. The zero-order valence-electron chi connectivity index (χ0n) is 12.3. The van der Waals surface area contributed by atoms with E-state index in [2.05, 4.69) is 12.1 Å². The van der Waals surface area contributed by atoms with Gasteiger partial charge in [-0.2, -0.15) is 4.57 Å². The Morgan fingerprint density at radius 3 is 2.57 bits per heavy atom. The molecule has 23 heavy (non-hydrogen) atoms. The summed E-state index contributed by atoms with van der Waals surface area (Å²) in [5, 5.41) is 2.13. The van der Waals surface area contributed by atoms with Gasteiger partial charge in [0.15, 0.2) is 0 Å². The van der Waals surface area contributed by atoms with Crippen LogP contribution in [0.25, 0.3) is 21.0 Å². The molecular weight excluding hydrogens is 370 g/mol. The van der Waals surface area contributed by atoms with Gasteiger partial charge in [-0.05, 0) is 16.8 Å². The fourth-order valence-electron chi connectivity index (χ4n) is 2.80. The first-order valence-corrected chi connectivity index (χ1v) is 8.07. The number of fused-ring (bicyclic) bond motifs is 2. The fourth-order valence-corrected chi connectivity index (χ4v) is 3.69. The Morgan fingerprint density at radius 1 is 0.913 bits per heavy atom. The van der Waals surface area contributed by atoms with E-state index in [1.807, 2.05) is 64.7 Å². The van der Waals surface area contributed by atoms with Crippen LogP contribution in [0.1, 0.15) is 10.4 Å². The molecular formula is C19H14BrNOS. The van der Waals surface area contributed by atoms with E-state index < -0.39 is 0 Å². The van der Waals surface area contributed by atoms with Crippen molar-refractivity contribution in [3.63, 3.8) is 0 Å². The lowest BCUT2D eigenvalue weighted by atomic mass is 10.0. The van der Waals surface area contributed by atoms with Crippen molar-refractivity contribution in [3.05, 3.63) is 77.8 Å². The van der Waals surface area contributed by atoms with Crippen molar-refractivity contribution >= 4 is 38.1 Å². The number of para-hydroxylation sites is 1. The van der Waals surface area contributed by atoms with E-state index in [0.717, 1.165) is 21.9 Å². The van der Waals surface area contributed by atoms with E-state index >= 15 is 0 Å². The predicted octanol–water partition coefficient (Wildman–Crippen LogP) is 1.23. The van der Waals surface area contributed by atoms with Gasteiger partial charge in [-0.25, -0.2) is 0 Å². The van der Waals surface area contributed by atoms with Crippen molar-refractivity contribution in [2.24, 2.45) is 0 Å². The summed E-state index contributed by atoms with van der Waals surface area (Å²) in [6.07, 6.45) is 0. The zero-order chi connectivity index (χ0) is 14.9. The van der Waals surface area contributed by atoms with Gasteiger partial charge in [0.05, 0.1) is 0 Å². The molecule has 0 spiro atoms. The van der Waals surface area contributed by atoms with Gasteiger partial charge in [-0.3, -0.25) is 4.79 Å². The fraction of sp³-hybridized carbons (Fsp3) is 0.0526. The Kier molecular flexibility index (Phi) is 4.55. The number of hydrogen-bond acceptors (Lipinski definition) is 2. The second-order valence-electron chi connectivity index (χ2n) is 5.27. The average molecular weight is 384 g/mol. The molecule has 0 aliphatic rings. The third kappa shape index (κ3) is 2.92. The largest absolute Gasteiger partial charge is 1.00 e. The highest BCUT2D eigenvalue weighted by Gasteiger charge is 2.18. The molecule has 0 aliphatic carbocycles. The minimum absolute atomic E-state index is 0. The van der Waals surface area contributed by atoms with Crippen LogP contribution < -0.4 is 21.5 Å². The quantitative estimate of drug-likeness (QED) is 0.385. The number of Topliss-reactive ketones (excluding diaryl/α,β-unsaturated/α-hetero) is 1. The molecule has 0 saturated heterocycles. The van der Waals surface area contributed by atoms with Crippen LogP contribution in [-0.2, 0) is 6.54 Å². The summed E-state index contributed by atoms with van der Waals surface area (Å²) in [6.45, 7) is 0.373. The number of hydrogen-bond donors (Lipinski definition) is 0. The minimum Gasteiger partial charge on any atom is -1.00 e. The molecule has 0 unspecified atom stereocenters. The van der Waals surface area contributed by atoms with Crippen LogP contribution in [-0.4, -0.2) is 5.78 Å². The molecule has 4 aromatic rings. The Balaban J connectivity index is 0.00000156. The van der Waals surface area contributed by atoms with Gasteiger partial charge in [0.2, 0.25) is 23.4 Å². The van der Waals surface area contributed by atoms with E-state index in [9.17, 15) is 4.79 Å². The van der Waals surface area contributed by atoms with Crippen LogP contribution in [0.3, 0.4) is 0 Å². The van der Waals surface area contributed by atoms with Gasteiger partial charge in [0.25, 0.3) is 0 Å². The lowest BCUT2D eigenvalue weighted by Gasteiger charge is -2.03. The van der Waals surface area contributed by atoms with Gasteiger partial charge < -0.3 is 17.0 Å². The summed E-state index contributed by atoms with van der Waals surface area (Å²) in [5.74, 6) is 0.144. The molecule has 0 bridgehead atoms. The summed E-state index contributed by atoms with van der Waals surface area (Å²) in [4.78, 5) is 12.8. The first-order valence-electron chi connectivity index (χ1n) is 7.19. The van der Waals surface area contributed by atoms with Crippen molar-refractivity contribution in [1.82, 2.24) is 0 Å². The molecule has 4 rings (SSSR count). The number of nitrogens with zero attached hydrogens (tertiary/aromatic N) is 1. The van der Waals surface area contributed by atoms with E-state index in [1.54, 1.807) is 11.3 Å². The molecule has 3 aromatic carbocycles. The first kappa shape index (κ1) is 15.8. The van der Waals surface area contributed by atoms with Gasteiger partial charge >= 0.3 is 0 Å². The molecule has 0 amide bonds. The van der Waals surface area contributed by atoms with Crippen LogP contribution >= 0.6 is 11.3 Å². The molecule has 0 saturated carbocycles. The van der Waals surface area contributed by atoms with Gasteiger partial charge in [0, 0.05) is 11.6 Å². The number of ketones is 1. The predicted molar refractivity (Wildman–Crippen MR) is 90.3 cm³/mol. The van der Waals surface area contributed by atoms with E-state index in [4.69, 9.17) is 0 Å². The summed E-state index contributed by atoms with van der Waals surface area (Å²) in [7, 11) is 0. The van der Waals surface area contributed by atoms with Gasteiger partial charge in [0.1, 0.15) is 4.70 Å². The maximum absolute atomic E-state index is 12.8. The molecule has 1 aromatic heterocycles. The Labute approximate surface area is 148 Å². The standard InChI is InChI=1S/C19H14NOS.BrH/c21-18(12-20-13-22-19-11-4-3-10-17(19)20)16-9-5-7-14-6-1-2-8-15(14)16;/h1-11,13H,12H2;1H/q+1;/p-1. The number of carbonyl (C=O) groups is 1. The van der Waals surface area contributed by atoms with Crippen molar-refractivity contribution in [2.75, 3.05) is 0 Å². The molecule has 0 radical (unpaired) electrons. The highest BCUT2D eigenvalue weighted by molar-refractivity contribution is 7.16. The maximum atomic E-state index is 12.8. The number of aromatic nitrogens is 1. The molecule has 1 heterocycles. The highest BCUT2D eigenvalue weighted by Crippen LogP contribution is 2.20. The van der Waals surface area contributed by atoms with Crippen LogP contribution in [0.4, 0.5) is 0 Å². The second kappa shape index (κ2) is 6.60. The minimum atomic E-state index is 0. The van der Waals surface area contributed by atoms with Gasteiger partial charge in [-0.1, -0.05) is 65.9 Å². The smallest absolute Gasteiger partial charge is 0.228 e. The monoisotopic (exact) mass is 383 g/mol. The van der Waals surface area contributed by atoms with E-state index in [0.29, 0.717) is 6.54 Å². The molecule has 114 valence electrons. The van der Waals surface area contributed by atoms with Gasteiger partial charge in [-0.15, -0.1) is 0 Å². The number of thiazole rings is 1. The number of halogens is 1. The number of carbonyl (C=O) groups excluding carboxylic acids is 1. The molecule has 0 atom stereocenters. The maximum Gasteiger partial charge on any atom is 0.228 e. The van der Waals surface area contributed by atoms with Crippen molar-refractivity contribution in [1.29, 1.82) is 0 Å². The Hall–Kier alpha value is -2.04. The zero-order valence-corrected chi connectivity index (χ0v) is 14.7. The Morgan fingerprint density at radius 2 is 1.65 bits per heavy atom. The number of rotatable bonds is 3. The summed E-state index contributed by atoms with van der Waals surface area (Å²) >= 11 is 1.67. The molecule has 4 heteroatoms. The third-order valence-electron chi connectivity index (χ3n) is 3.89. The molecule has 0 aliphatic heterocycles. The molecule has 0 N–H and O–H groups in total. The first-order chi connectivity index (χ1) is 10.8.